The molecule has 2 aromatic carbocycles. The molecule has 1 aromatic heterocycles. The van der Waals surface area contributed by atoms with Crippen molar-refractivity contribution < 1.29 is 36.7 Å². The van der Waals surface area contributed by atoms with Crippen LogP contribution in [0.5, 0.6) is 5.75 Å². The molecule has 3 heterocycles. The fraction of sp³-hybridized carbons (Fsp3) is 0.321. The molecule has 2 aliphatic rings. The SMILES string of the molecule is COc1ccc(CN(C(=O)CN2C(=O)c3ccccc3S2(=O)=O)[C@H](C(=O)NC[C@H]2CCCO2)c2ccco2)cc1. The van der Waals surface area contributed by atoms with Gasteiger partial charge < -0.3 is 24.1 Å². The number of ether oxygens (including phenoxy) is 2. The lowest BCUT2D eigenvalue weighted by molar-refractivity contribution is -0.142. The number of furan rings is 1. The molecule has 2 aliphatic heterocycles. The maximum Gasteiger partial charge on any atom is 0.269 e. The molecule has 1 fully saturated rings. The van der Waals surface area contributed by atoms with Crippen LogP contribution in [0, 0.1) is 0 Å². The summed E-state index contributed by atoms with van der Waals surface area (Å²) < 4.78 is 43.3. The number of hydrogen-bond donors (Lipinski definition) is 1. The standard InChI is InChI=1S/C28H29N3O8S/c1-37-20-12-10-19(11-13-20)17-30(25(32)18-31-28(34)22-7-2-3-9-24(22)40(31,35)36)26(23-8-5-15-39-23)27(33)29-16-21-6-4-14-38-21/h2-3,5,7-13,15,21,26H,4,6,14,16-18H2,1H3,(H,29,33)/t21-,26+/m1/s1. The first-order chi connectivity index (χ1) is 19.3. The summed E-state index contributed by atoms with van der Waals surface area (Å²) in [6, 6.07) is 14.6. The fourth-order valence-electron chi connectivity index (χ4n) is 4.84. The number of nitrogens with zero attached hydrogens (tertiary/aromatic N) is 2. The van der Waals surface area contributed by atoms with Gasteiger partial charge in [-0.25, -0.2) is 12.7 Å². The topological polar surface area (TPSA) is 135 Å². The van der Waals surface area contributed by atoms with Crippen molar-refractivity contribution in [1.82, 2.24) is 14.5 Å². The lowest BCUT2D eigenvalue weighted by Crippen LogP contribution is -2.48. The number of sulfonamides is 1. The lowest BCUT2D eigenvalue weighted by Gasteiger charge is -2.31. The summed E-state index contributed by atoms with van der Waals surface area (Å²) in [6.07, 6.45) is 2.94. The van der Waals surface area contributed by atoms with E-state index in [0.29, 0.717) is 22.2 Å². The highest BCUT2D eigenvalue weighted by Gasteiger charge is 2.44. The summed E-state index contributed by atoms with van der Waals surface area (Å²) in [6.45, 7) is -0.00133. The van der Waals surface area contributed by atoms with Gasteiger partial charge in [-0.15, -0.1) is 0 Å². The Bertz CT molecular complexity index is 1480. The van der Waals surface area contributed by atoms with Crippen LogP contribution in [0.15, 0.2) is 76.2 Å². The van der Waals surface area contributed by atoms with Crippen LogP contribution < -0.4 is 10.1 Å². The number of fused-ring (bicyclic) bond motifs is 1. The molecule has 0 radical (unpaired) electrons. The second kappa shape index (κ2) is 11.5. The van der Waals surface area contributed by atoms with Gasteiger partial charge in [0.2, 0.25) is 5.91 Å². The molecule has 1 N–H and O–H groups in total. The van der Waals surface area contributed by atoms with Crippen molar-refractivity contribution in [2.45, 2.75) is 36.4 Å². The zero-order valence-corrected chi connectivity index (χ0v) is 22.6. The minimum absolute atomic E-state index is 0.00565. The van der Waals surface area contributed by atoms with Gasteiger partial charge >= 0.3 is 0 Å². The molecule has 0 bridgehead atoms. The zero-order valence-electron chi connectivity index (χ0n) is 21.8. The first kappa shape index (κ1) is 27.4. The molecule has 0 unspecified atom stereocenters. The normalized spacial score (nSPS) is 18.3. The van der Waals surface area contributed by atoms with Crippen LogP contribution in [-0.2, 0) is 30.9 Å². The van der Waals surface area contributed by atoms with E-state index in [1.807, 2.05) is 0 Å². The number of rotatable bonds is 10. The number of hydrogen-bond acceptors (Lipinski definition) is 8. The summed E-state index contributed by atoms with van der Waals surface area (Å²) in [7, 11) is -2.72. The summed E-state index contributed by atoms with van der Waals surface area (Å²) >= 11 is 0. The minimum Gasteiger partial charge on any atom is -0.497 e. The van der Waals surface area contributed by atoms with E-state index in [4.69, 9.17) is 13.9 Å². The predicted octanol–water partition coefficient (Wildman–Crippen LogP) is 2.50. The molecule has 5 rings (SSSR count). The molecule has 3 amide bonds. The van der Waals surface area contributed by atoms with Crippen molar-refractivity contribution >= 4 is 27.7 Å². The summed E-state index contributed by atoms with van der Waals surface area (Å²) in [5.74, 6) is -1.29. The first-order valence-corrected chi connectivity index (χ1v) is 14.2. The van der Waals surface area contributed by atoms with Crippen LogP contribution in [0.25, 0.3) is 0 Å². The average Bonchev–Trinajstić information content (AvgIpc) is 3.72. The molecule has 0 aliphatic carbocycles. The molecule has 0 spiro atoms. The summed E-state index contributed by atoms with van der Waals surface area (Å²) in [4.78, 5) is 41.6. The molecule has 40 heavy (non-hydrogen) atoms. The Morgan fingerprint density at radius 2 is 1.90 bits per heavy atom. The molecule has 1 saturated heterocycles. The van der Waals surface area contributed by atoms with E-state index in [0.717, 1.165) is 12.8 Å². The van der Waals surface area contributed by atoms with E-state index in [2.05, 4.69) is 5.32 Å². The van der Waals surface area contributed by atoms with E-state index >= 15 is 0 Å². The van der Waals surface area contributed by atoms with Gasteiger partial charge in [0.1, 0.15) is 22.9 Å². The van der Waals surface area contributed by atoms with Crippen LogP contribution >= 0.6 is 0 Å². The van der Waals surface area contributed by atoms with Gasteiger partial charge in [-0.1, -0.05) is 24.3 Å². The average molecular weight is 568 g/mol. The predicted molar refractivity (Wildman–Crippen MR) is 142 cm³/mol. The van der Waals surface area contributed by atoms with Crippen molar-refractivity contribution in [2.24, 2.45) is 0 Å². The van der Waals surface area contributed by atoms with Crippen LogP contribution in [0.1, 0.15) is 40.6 Å². The number of nitrogens with one attached hydrogen (secondary N) is 1. The zero-order chi connectivity index (χ0) is 28.3. The Labute approximate surface area is 231 Å². The number of benzene rings is 2. The van der Waals surface area contributed by atoms with E-state index in [9.17, 15) is 22.8 Å². The third kappa shape index (κ3) is 5.45. The molecule has 3 aromatic rings. The summed E-state index contributed by atoms with van der Waals surface area (Å²) in [5, 5.41) is 2.85. The van der Waals surface area contributed by atoms with Crippen molar-refractivity contribution in [3.8, 4) is 5.75 Å². The van der Waals surface area contributed by atoms with Gasteiger partial charge in [0.05, 0.1) is 25.0 Å². The molecule has 210 valence electrons. The van der Waals surface area contributed by atoms with Crippen molar-refractivity contribution in [3.05, 3.63) is 83.8 Å². The highest BCUT2D eigenvalue weighted by molar-refractivity contribution is 7.90. The number of carbonyl (C=O) groups excluding carboxylic acids is 3. The Kier molecular flexibility index (Phi) is 7.90. The van der Waals surface area contributed by atoms with Gasteiger partial charge in [-0.3, -0.25) is 14.4 Å². The maximum atomic E-state index is 13.9. The molecular weight excluding hydrogens is 538 g/mol. The van der Waals surface area contributed by atoms with Gasteiger partial charge in [-0.05, 0) is 54.8 Å². The summed E-state index contributed by atoms with van der Waals surface area (Å²) in [5.41, 5.74) is 0.644. The van der Waals surface area contributed by atoms with Gasteiger partial charge in [0, 0.05) is 19.7 Å². The van der Waals surface area contributed by atoms with Crippen molar-refractivity contribution in [1.29, 1.82) is 0 Å². The largest absolute Gasteiger partial charge is 0.497 e. The quantitative estimate of drug-likeness (QED) is 0.395. The van der Waals surface area contributed by atoms with Crippen LogP contribution in [-0.4, -0.2) is 68.3 Å². The molecule has 0 saturated carbocycles. The van der Waals surface area contributed by atoms with Gasteiger partial charge in [0.15, 0.2) is 6.04 Å². The van der Waals surface area contributed by atoms with E-state index in [-0.39, 0.29) is 35.4 Å². The minimum atomic E-state index is -4.25. The van der Waals surface area contributed by atoms with Crippen LogP contribution in [0.3, 0.4) is 0 Å². The Balaban J connectivity index is 1.47. The van der Waals surface area contributed by atoms with Gasteiger partial charge in [-0.2, -0.15) is 0 Å². The van der Waals surface area contributed by atoms with Crippen LogP contribution in [0.2, 0.25) is 0 Å². The number of carbonyl (C=O) groups is 3. The third-order valence-corrected chi connectivity index (χ3v) is 8.71. The monoisotopic (exact) mass is 567 g/mol. The van der Waals surface area contributed by atoms with Crippen LogP contribution in [0.4, 0.5) is 0 Å². The highest BCUT2D eigenvalue weighted by Crippen LogP contribution is 2.31. The van der Waals surface area contributed by atoms with Crippen molar-refractivity contribution in [3.63, 3.8) is 0 Å². The third-order valence-electron chi connectivity index (χ3n) is 6.92. The Hall–Kier alpha value is -4.16. The Morgan fingerprint density at radius 3 is 2.55 bits per heavy atom. The molecular formula is C28H29N3O8S. The number of methoxy groups -OCH3 is 1. The molecule has 11 nitrogen and oxygen atoms in total. The second-order valence-corrected chi connectivity index (χ2v) is 11.3. The molecule has 12 heteroatoms. The van der Waals surface area contributed by atoms with E-state index in [1.54, 1.807) is 42.5 Å². The second-order valence-electron chi connectivity index (χ2n) is 9.48. The smallest absolute Gasteiger partial charge is 0.269 e. The number of amides is 3. The Morgan fingerprint density at radius 1 is 1.12 bits per heavy atom. The highest BCUT2D eigenvalue weighted by atomic mass is 32.2. The van der Waals surface area contributed by atoms with Gasteiger partial charge in [0.25, 0.3) is 21.8 Å². The first-order valence-electron chi connectivity index (χ1n) is 12.8. The fourth-order valence-corrected chi connectivity index (χ4v) is 6.36. The lowest BCUT2D eigenvalue weighted by atomic mass is 10.1. The maximum absolute atomic E-state index is 13.9. The van der Waals surface area contributed by atoms with E-state index in [1.165, 1.54) is 36.5 Å². The molecule has 2 atom stereocenters. The van der Waals surface area contributed by atoms with Crippen molar-refractivity contribution in [2.75, 3.05) is 26.8 Å². The van der Waals surface area contributed by atoms with E-state index < -0.39 is 40.3 Å².